The molecule has 0 bridgehead atoms. The summed E-state index contributed by atoms with van der Waals surface area (Å²) in [7, 11) is 0. The molecule has 1 saturated heterocycles. The number of allylic oxidation sites excluding steroid dienone is 1. The molecule has 4 nitrogen and oxygen atoms in total. The van der Waals surface area contributed by atoms with Crippen LogP contribution >= 0.6 is 0 Å². The van der Waals surface area contributed by atoms with Crippen LogP contribution in [0.25, 0.3) is 0 Å². The highest BCUT2D eigenvalue weighted by Crippen LogP contribution is 2.28. The molecule has 0 unspecified atom stereocenters. The van der Waals surface area contributed by atoms with Gasteiger partial charge in [0.25, 0.3) is 0 Å². The molecular weight excluding hydrogens is 268 g/mol. The molecule has 21 heavy (non-hydrogen) atoms. The standard InChI is InChI=1S/C17H30O4/c1-2-3-4-5-6-7-8-9-10-16-12-14(17(20)21-16)11-15(19)13-18/h2,14-16,18-19H,1,3-13H2/t14-,15-,16-/m1/s1. The van der Waals surface area contributed by atoms with Crippen LogP contribution in [0.1, 0.15) is 64.2 Å². The third kappa shape index (κ3) is 7.63. The Balaban J connectivity index is 2.03. The molecule has 0 aromatic heterocycles. The number of ether oxygens (including phenoxy) is 1. The maximum Gasteiger partial charge on any atom is 0.309 e. The minimum atomic E-state index is -0.808. The van der Waals surface area contributed by atoms with Gasteiger partial charge in [-0.1, -0.05) is 31.8 Å². The van der Waals surface area contributed by atoms with Crippen molar-refractivity contribution >= 4 is 5.97 Å². The first-order chi connectivity index (χ1) is 10.2. The van der Waals surface area contributed by atoms with Gasteiger partial charge >= 0.3 is 5.97 Å². The van der Waals surface area contributed by atoms with Crippen LogP contribution in [0.5, 0.6) is 0 Å². The van der Waals surface area contributed by atoms with Crippen LogP contribution in [0.2, 0.25) is 0 Å². The molecule has 0 amide bonds. The fourth-order valence-corrected chi connectivity index (χ4v) is 2.86. The van der Waals surface area contributed by atoms with Crippen LogP contribution in [0.3, 0.4) is 0 Å². The number of cyclic esters (lactones) is 1. The summed E-state index contributed by atoms with van der Waals surface area (Å²) in [6, 6.07) is 0. The molecule has 4 heteroatoms. The van der Waals surface area contributed by atoms with Crippen molar-refractivity contribution in [1.82, 2.24) is 0 Å². The van der Waals surface area contributed by atoms with E-state index in [2.05, 4.69) is 6.58 Å². The highest BCUT2D eigenvalue weighted by atomic mass is 16.5. The van der Waals surface area contributed by atoms with E-state index in [1.54, 1.807) is 0 Å². The largest absolute Gasteiger partial charge is 0.462 e. The predicted octanol–water partition coefficient (Wildman–Crippen LogP) is 2.97. The van der Waals surface area contributed by atoms with E-state index < -0.39 is 6.10 Å². The zero-order valence-corrected chi connectivity index (χ0v) is 13.0. The van der Waals surface area contributed by atoms with Gasteiger partial charge in [-0.15, -0.1) is 6.58 Å². The Bertz CT molecular complexity index is 303. The van der Waals surface area contributed by atoms with Gasteiger partial charge in [-0.25, -0.2) is 0 Å². The lowest BCUT2D eigenvalue weighted by Gasteiger charge is -2.10. The summed E-state index contributed by atoms with van der Waals surface area (Å²) in [5.41, 5.74) is 0. The number of rotatable bonds is 12. The number of hydrogen-bond acceptors (Lipinski definition) is 4. The summed E-state index contributed by atoms with van der Waals surface area (Å²) >= 11 is 0. The van der Waals surface area contributed by atoms with E-state index in [0.717, 1.165) is 19.3 Å². The van der Waals surface area contributed by atoms with Gasteiger partial charge < -0.3 is 14.9 Å². The average Bonchev–Trinajstić information content (AvgIpc) is 2.82. The van der Waals surface area contributed by atoms with Gasteiger partial charge in [0, 0.05) is 0 Å². The second-order valence-electron chi connectivity index (χ2n) is 6.05. The minimum absolute atomic E-state index is 0.00848. The fourth-order valence-electron chi connectivity index (χ4n) is 2.86. The molecule has 0 aromatic rings. The van der Waals surface area contributed by atoms with Crippen LogP contribution in [0, 0.1) is 5.92 Å². The number of aliphatic hydroxyl groups is 2. The molecular formula is C17H30O4. The normalized spacial score (nSPS) is 23.0. The summed E-state index contributed by atoms with van der Waals surface area (Å²) in [5.74, 6) is -0.451. The molecule has 1 fully saturated rings. The van der Waals surface area contributed by atoms with Crippen molar-refractivity contribution in [2.45, 2.75) is 76.4 Å². The molecule has 1 rings (SSSR count). The Morgan fingerprint density at radius 2 is 1.90 bits per heavy atom. The lowest BCUT2D eigenvalue weighted by atomic mass is 9.96. The molecule has 1 aliphatic rings. The highest BCUT2D eigenvalue weighted by molar-refractivity contribution is 5.74. The van der Waals surface area contributed by atoms with Crippen molar-refractivity contribution in [3.05, 3.63) is 12.7 Å². The van der Waals surface area contributed by atoms with Crippen molar-refractivity contribution in [3.63, 3.8) is 0 Å². The molecule has 0 aliphatic carbocycles. The molecule has 0 aromatic carbocycles. The van der Waals surface area contributed by atoms with Gasteiger partial charge in [0.2, 0.25) is 0 Å². The van der Waals surface area contributed by atoms with Crippen molar-refractivity contribution < 1.29 is 19.7 Å². The van der Waals surface area contributed by atoms with Gasteiger partial charge in [0.15, 0.2) is 0 Å². The van der Waals surface area contributed by atoms with E-state index >= 15 is 0 Å². The molecule has 0 spiro atoms. The number of unbranched alkanes of at least 4 members (excludes halogenated alkanes) is 6. The van der Waals surface area contributed by atoms with Crippen molar-refractivity contribution in [3.8, 4) is 0 Å². The first-order valence-corrected chi connectivity index (χ1v) is 8.27. The SMILES string of the molecule is C=CCCCCCCCC[C@@H]1C[C@@H](C[C@@H](O)CO)C(=O)O1. The number of esters is 1. The Kier molecular flexibility index (Phi) is 9.35. The first-order valence-electron chi connectivity index (χ1n) is 8.27. The Morgan fingerprint density at radius 1 is 1.24 bits per heavy atom. The predicted molar refractivity (Wildman–Crippen MR) is 82.8 cm³/mol. The Labute approximate surface area is 128 Å². The van der Waals surface area contributed by atoms with Crippen LogP contribution in [-0.2, 0) is 9.53 Å². The molecule has 1 aliphatic heterocycles. The number of aliphatic hydroxyl groups excluding tert-OH is 2. The summed E-state index contributed by atoms with van der Waals surface area (Å²) in [5, 5.41) is 18.2. The van der Waals surface area contributed by atoms with Crippen molar-refractivity contribution in [2.75, 3.05) is 6.61 Å². The summed E-state index contributed by atoms with van der Waals surface area (Å²) in [6.07, 6.45) is 11.5. The quantitative estimate of drug-likeness (QED) is 0.330. The lowest BCUT2D eigenvalue weighted by molar-refractivity contribution is -0.145. The molecule has 122 valence electrons. The first kappa shape index (κ1) is 18.2. The van der Waals surface area contributed by atoms with Crippen LogP contribution < -0.4 is 0 Å². The Hall–Kier alpha value is -0.870. The number of carbonyl (C=O) groups is 1. The maximum absolute atomic E-state index is 11.6. The average molecular weight is 298 g/mol. The second kappa shape index (κ2) is 10.8. The summed E-state index contributed by atoms with van der Waals surface area (Å²) in [4.78, 5) is 11.6. The van der Waals surface area contributed by atoms with Gasteiger partial charge in [-0.3, -0.25) is 4.79 Å². The van der Waals surface area contributed by atoms with E-state index in [1.165, 1.54) is 32.1 Å². The topological polar surface area (TPSA) is 66.8 Å². The Morgan fingerprint density at radius 3 is 2.57 bits per heavy atom. The smallest absolute Gasteiger partial charge is 0.309 e. The molecule has 2 N–H and O–H groups in total. The van der Waals surface area contributed by atoms with E-state index in [4.69, 9.17) is 9.84 Å². The molecule has 0 radical (unpaired) electrons. The van der Waals surface area contributed by atoms with E-state index in [1.807, 2.05) is 6.08 Å². The number of carbonyl (C=O) groups excluding carboxylic acids is 1. The highest BCUT2D eigenvalue weighted by Gasteiger charge is 2.34. The number of hydrogen-bond donors (Lipinski definition) is 2. The van der Waals surface area contributed by atoms with E-state index in [9.17, 15) is 9.90 Å². The van der Waals surface area contributed by atoms with Gasteiger partial charge in [-0.05, 0) is 38.5 Å². The van der Waals surface area contributed by atoms with E-state index in [-0.39, 0.29) is 24.6 Å². The van der Waals surface area contributed by atoms with Gasteiger partial charge in [0.1, 0.15) is 6.10 Å². The van der Waals surface area contributed by atoms with Crippen LogP contribution in [0.15, 0.2) is 12.7 Å². The lowest BCUT2D eigenvalue weighted by Crippen LogP contribution is -2.20. The molecule has 0 saturated carbocycles. The van der Waals surface area contributed by atoms with Gasteiger partial charge in [0.05, 0.1) is 18.6 Å². The summed E-state index contributed by atoms with van der Waals surface area (Å²) in [6.45, 7) is 3.43. The minimum Gasteiger partial charge on any atom is -0.462 e. The maximum atomic E-state index is 11.6. The zero-order chi connectivity index (χ0) is 15.5. The van der Waals surface area contributed by atoms with Gasteiger partial charge in [-0.2, -0.15) is 0 Å². The molecule has 3 atom stereocenters. The second-order valence-corrected chi connectivity index (χ2v) is 6.05. The van der Waals surface area contributed by atoms with Crippen molar-refractivity contribution in [2.24, 2.45) is 5.92 Å². The third-order valence-corrected chi connectivity index (χ3v) is 4.12. The monoisotopic (exact) mass is 298 g/mol. The van der Waals surface area contributed by atoms with Crippen LogP contribution in [0.4, 0.5) is 0 Å². The third-order valence-electron chi connectivity index (χ3n) is 4.12. The fraction of sp³-hybridized carbons (Fsp3) is 0.824. The van der Waals surface area contributed by atoms with Crippen LogP contribution in [-0.4, -0.2) is 35.0 Å². The van der Waals surface area contributed by atoms with E-state index in [0.29, 0.717) is 12.8 Å². The van der Waals surface area contributed by atoms with Crippen molar-refractivity contribution in [1.29, 1.82) is 0 Å². The molecule has 1 heterocycles. The zero-order valence-electron chi connectivity index (χ0n) is 13.0. The summed E-state index contributed by atoms with van der Waals surface area (Å²) < 4.78 is 5.34.